The van der Waals surface area contributed by atoms with Crippen LogP contribution in [0, 0.1) is 17.6 Å². The lowest BCUT2D eigenvalue weighted by Gasteiger charge is -2.31. The van der Waals surface area contributed by atoms with Crippen LogP contribution in [0.25, 0.3) is 0 Å². The minimum absolute atomic E-state index is 0.0109. The molecule has 1 amide bonds. The van der Waals surface area contributed by atoms with Crippen LogP contribution >= 0.6 is 0 Å². The predicted molar refractivity (Wildman–Crippen MR) is 71.2 cm³/mol. The maximum absolute atomic E-state index is 13.7. The molecule has 0 radical (unpaired) electrons. The molecule has 1 aliphatic carbocycles. The molecule has 118 valence electrons. The molecule has 0 spiro atoms. The van der Waals surface area contributed by atoms with Gasteiger partial charge in [-0.15, -0.1) is 0 Å². The van der Waals surface area contributed by atoms with Crippen LogP contribution in [-0.4, -0.2) is 47.7 Å². The van der Waals surface area contributed by atoms with E-state index in [4.69, 9.17) is 9.84 Å². The van der Waals surface area contributed by atoms with Crippen molar-refractivity contribution in [1.29, 1.82) is 0 Å². The zero-order chi connectivity index (χ0) is 15.9. The first-order chi connectivity index (χ1) is 10.5. The lowest BCUT2D eigenvalue weighted by Crippen LogP contribution is -2.49. The minimum atomic E-state index is -1.11. The van der Waals surface area contributed by atoms with Gasteiger partial charge >= 0.3 is 5.97 Å². The molecule has 22 heavy (non-hydrogen) atoms. The van der Waals surface area contributed by atoms with Crippen molar-refractivity contribution in [3.05, 3.63) is 35.4 Å². The monoisotopic (exact) mass is 311 g/mol. The van der Waals surface area contributed by atoms with Crippen molar-refractivity contribution in [3.63, 3.8) is 0 Å². The lowest BCUT2D eigenvalue weighted by molar-refractivity contribution is -0.159. The average molecular weight is 311 g/mol. The van der Waals surface area contributed by atoms with Gasteiger partial charge in [0.2, 0.25) is 5.91 Å². The van der Waals surface area contributed by atoms with Crippen LogP contribution in [0.2, 0.25) is 0 Å². The molecular formula is C15H15F2NO4. The van der Waals surface area contributed by atoms with Gasteiger partial charge in [-0.2, -0.15) is 0 Å². The van der Waals surface area contributed by atoms with Gasteiger partial charge in [0.25, 0.3) is 0 Å². The maximum Gasteiger partial charge on any atom is 0.334 e. The summed E-state index contributed by atoms with van der Waals surface area (Å²) in [6, 6.07) is 3.21. The summed E-state index contributed by atoms with van der Waals surface area (Å²) in [5.74, 6) is -3.14. The minimum Gasteiger partial charge on any atom is -0.479 e. The normalized spacial score (nSPS) is 27.5. The standard InChI is InChI=1S/C15H15F2NO4/c16-8-1-2-12(17)10(5-8)9-6-11(9)14(19)18-3-4-22-13(7-18)15(20)21/h1-2,5,9,11,13H,3-4,6-7H2,(H,20,21)/t9-,11+,13-/m0/s1. The van der Waals surface area contributed by atoms with E-state index >= 15 is 0 Å². The van der Waals surface area contributed by atoms with E-state index in [0.717, 1.165) is 18.2 Å². The van der Waals surface area contributed by atoms with Gasteiger partial charge in [0, 0.05) is 12.5 Å². The fraction of sp³-hybridized carbons (Fsp3) is 0.467. The molecule has 7 heteroatoms. The Morgan fingerprint density at radius 3 is 2.82 bits per heavy atom. The second kappa shape index (κ2) is 5.64. The number of halogens is 2. The van der Waals surface area contributed by atoms with Crippen molar-refractivity contribution in [3.8, 4) is 0 Å². The number of carboxylic acid groups (broad SMARTS) is 1. The first kappa shape index (κ1) is 14.9. The molecule has 2 aliphatic rings. The van der Waals surface area contributed by atoms with Crippen LogP contribution in [0.15, 0.2) is 18.2 Å². The molecule has 1 saturated heterocycles. The van der Waals surface area contributed by atoms with Crippen LogP contribution in [0.5, 0.6) is 0 Å². The molecule has 3 rings (SSSR count). The molecule has 0 bridgehead atoms. The number of rotatable bonds is 3. The van der Waals surface area contributed by atoms with E-state index in [1.807, 2.05) is 0 Å². The van der Waals surface area contributed by atoms with E-state index in [1.54, 1.807) is 0 Å². The average Bonchev–Trinajstić information content (AvgIpc) is 3.29. The number of nitrogens with zero attached hydrogens (tertiary/aromatic N) is 1. The van der Waals surface area contributed by atoms with E-state index in [2.05, 4.69) is 0 Å². The van der Waals surface area contributed by atoms with Gasteiger partial charge in [0.15, 0.2) is 6.10 Å². The SMILES string of the molecule is O=C(O)[C@@H]1CN(C(=O)[C@@H]2C[C@H]2c2cc(F)ccc2F)CCO1. The third-order valence-corrected chi connectivity index (χ3v) is 4.12. The van der Waals surface area contributed by atoms with Crippen LogP contribution in [0.1, 0.15) is 17.9 Å². The number of hydrogen-bond donors (Lipinski definition) is 1. The van der Waals surface area contributed by atoms with Gasteiger partial charge < -0.3 is 14.7 Å². The highest BCUT2D eigenvalue weighted by atomic mass is 19.1. The van der Waals surface area contributed by atoms with Crippen molar-refractivity contribution >= 4 is 11.9 Å². The summed E-state index contributed by atoms with van der Waals surface area (Å²) in [7, 11) is 0. The van der Waals surface area contributed by atoms with E-state index in [1.165, 1.54) is 4.90 Å². The number of carbonyl (C=O) groups excluding carboxylic acids is 1. The Morgan fingerprint density at radius 2 is 2.09 bits per heavy atom. The van der Waals surface area contributed by atoms with Gasteiger partial charge in [0.05, 0.1) is 13.2 Å². The zero-order valence-corrected chi connectivity index (χ0v) is 11.7. The molecule has 0 unspecified atom stereocenters. The molecule has 1 aromatic carbocycles. The van der Waals surface area contributed by atoms with Gasteiger partial charge in [-0.25, -0.2) is 13.6 Å². The van der Waals surface area contributed by atoms with E-state index in [-0.39, 0.29) is 30.5 Å². The molecule has 1 aromatic rings. The Morgan fingerprint density at radius 1 is 1.32 bits per heavy atom. The summed E-state index contributed by atoms with van der Waals surface area (Å²) in [6.07, 6.45) is -0.574. The number of hydrogen-bond acceptors (Lipinski definition) is 3. The third-order valence-electron chi connectivity index (χ3n) is 4.12. The molecule has 3 atom stereocenters. The second-order valence-electron chi connectivity index (χ2n) is 5.60. The van der Waals surface area contributed by atoms with Crippen LogP contribution in [-0.2, 0) is 14.3 Å². The van der Waals surface area contributed by atoms with Crippen LogP contribution in [0.4, 0.5) is 8.78 Å². The summed E-state index contributed by atoms with van der Waals surface area (Å²) in [5, 5.41) is 8.93. The number of morpholine rings is 1. The first-order valence-electron chi connectivity index (χ1n) is 7.05. The predicted octanol–water partition coefficient (Wildman–Crippen LogP) is 1.38. The van der Waals surface area contributed by atoms with Crippen LogP contribution < -0.4 is 0 Å². The highest BCUT2D eigenvalue weighted by Gasteiger charge is 2.48. The number of ether oxygens (including phenoxy) is 1. The summed E-state index contributed by atoms with van der Waals surface area (Å²) >= 11 is 0. The van der Waals surface area contributed by atoms with Gasteiger partial charge in [-0.05, 0) is 36.1 Å². The number of benzene rings is 1. The smallest absolute Gasteiger partial charge is 0.334 e. The Labute approximate surface area is 125 Å². The highest BCUT2D eigenvalue weighted by molar-refractivity contribution is 5.84. The number of amides is 1. The van der Waals surface area contributed by atoms with E-state index < -0.39 is 29.6 Å². The quantitative estimate of drug-likeness (QED) is 0.916. The summed E-state index contributed by atoms with van der Waals surface area (Å²) in [4.78, 5) is 24.7. The van der Waals surface area contributed by atoms with Crippen LogP contribution in [0.3, 0.4) is 0 Å². The molecule has 2 fully saturated rings. The molecule has 5 nitrogen and oxygen atoms in total. The number of carbonyl (C=O) groups is 2. The molecule has 1 heterocycles. The molecule has 1 aliphatic heterocycles. The third kappa shape index (κ3) is 2.81. The van der Waals surface area contributed by atoms with Gasteiger partial charge in [-0.3, -0.25) is 4.79 Å². The number of carboxylic acids is 1. The molecule has 1 saturated carbocycles. The summed E-state index contributed by atoms with van der Waals surface area (Å²) in [5.41, 5.74) is 0.210. The summed E-state index contributed by atoms with van der Waals surface area (Å²) < 4.78 is 32.0. The maximum atomic E-state index is 13.7. The van der Waals surface area contributed by atoms with Crippen molar-refractivity contribution in [2.24, 2.45) is 5.92 Å². The second-order valence-corrected chi connectivity index (χ2v) is 5.60. The highest BCUT2D eigenvalue weighted by Crippen LogP contribution is 2.49. The first-order valence-corrected chi connectivity index (χ1v) is 7.05. The molecular weight excluding hydrogens is 296 g/mol. The Hall–Kier alpha value is -2.02. The molecule has 1 N–H and O–H groups in total. The largest absolute Gasteiger partial charge is 0.479 e. The fourth-order valence-electron chi connectivity index (χ4n) is 2.84. The lowest BCUT2D eigenvalue weighted by atomic mass is 10.1. The Kier molecular flexibility index (Phi) is 3.82. The zero-order valence-electron chi connectivity index (χ0n) is 11.7. The van der Waals surface area contributed by atoms with Gasteiger partial charge in [-0.1, -0.05) is 0 Å². The van der Waals surface area contributed by atoms with E-state index in [0.29, 0.717) is 13.0 Å². The van der Waals surface area contributed by atoms with Crippen molar-refractivity contribution in [2.45, 2.75) is 18.4 Å². The Bertz CT molecular complexity index is 622. The Balaban J connectivity index is 1.67. The van der Waals surface area contributed by atoms with Gasteiger partial charge in [0.1, 0.15) is 11.6 Å². The van der Waals surface area contributed by atoms with Crippen molar-refractivity contribution < 1.29 is 28.2 Å². The summed E-state index contributed by atoms with van der Waals surface area (Å²) in [6.45, 7) is 0.467. The number of aliphatic carboxylic acids is 1. The van der Waals surface area contributed by atoms with Crippen molar-refractivity contribution in [2.75, 3.05) is 19.7 Å². The molecule has 0 aromatic heterocycles. The fourth-order valence-corrected chi connectivity index (χ4v) is 2.84. The van der Waals surface area contributed by atoms with Crippen molar-refractivity contribution in [1.82, 2.24) is 4.90 Å². The topological polar surface area (TPSA) is 66.8 Å². The van der Waals surface area contributed by atoms with E-state index in [9.17, 15) is 18.4 Å².